The van der Waals surface area contributed by atoms with Crippen molar-refractivity contribution in [1.82, 2.24) is 20.0 Å². The van der Waals surface area contributed by atoms with E-state index in [4.69, 9.17) is 0 Å². The Labute approximate surface area is 130 Å². The SMILES string of the molecule is CCCCCC(C)NC(=NC)NCc1cn2ccsc2n1. The van der Waals surface area contributed by atoms with Crippen molar-refractivity contribution in [2.24, 2.45) is 4.99 Å². The molecule has 0 aliphatic carbocycles. The number of thiazole rings is 1. The van der Waals surface area contributed by atoms with Crippen molar-refractivity contribution in [3.63, 3.8) is 0 Å². The van der Waals surface area contributed by atoms with Crippen LogP contribution in [0.4, 0.5) is 0 Å². The number of hydrogen-bond acceptors (Lipinski definition) is 3. The minimum absolute atomic E-state index is 0.438. The molecular weight excluding hydrogens is 282 g/mol. The van der Waals surface area contributed by atoms with E-state index in [1.165, 1.54) is 25.7 Å². The molecule has 2 aromatic rings. The molecule has 2 aromatic heterocycles. The number of nitrogens with zero attached hydrogens (tertiary/aromatic N) is 3. The molecule has 1 unspecified atom stereocenters. The lowest BCUT2D eigenvalue weighted by molar-refractivity contribution is 0.546. The zero-order valence-corrected chi connectivity index (χ0v) is 13.9. The number of guanidine groups is 1. The second kappa shape index (κ2) is 8.02. The fraction of sp³-hybridized carbons (Fsp3) is 0.600. The van der Waals surface area contributed by atoms with E-state index in [0.717, 1.165) is 16.6 Å². The van der Waals surface area contributed by atoms with Crippen LogP contribution in [0.1, 0.15) is 45.2 Å². The van der Waals surface area contributed by atoms with E-state index in [9.17, 15) is 0 Å². The summed E-state index contributed by atoms with van der Waals surface area (Å²) in [5.41, 5.74) is 1.03. The van der Waals surface area contributed by atoms with Crippen molar-refractivity contribution < 1.29 is 0 Å². The largest absolute Gasteiger partial charge is 0.354 e. The van der Waals surface area contributed by atoms with Crippen LogP contribution in [0.25, 0.3) is 4.96 Å². The van der Waals surface area contributed by atoms with Crippen LogP contribution in [0, 0.1) is 0 Å². The molecule has 21 heavy (non-hydrogen) atoms. The number of hydrogen-bond donors (Lipinski definition) is 2. The first kappa shape index (κ1) is 15.8. The van der Waals surface area contributed by atoms with Crippen LogP contribution < -0.4 is 10.6 Å². The van der Waals surface area contributed by atoms with E-state index in [2.05, 4.69) is 40.7 Å². The third-order valence-corrected chi connectivity index (χ3v) is 4.20. The predicted molar refractivity (Wildman–Crippen MR) is 90.0 cm³/mol. The molecule has 2 rings (SSSR count). The zero-order chi connectivity index (χ0) is 15.1. The Morgan fingerprint density at radius 1 is 1.48 bits per heavy atom. The molecule has 0 saturated heterocycles. The summed E-state index contributed by atoms with van der Waals surface area (Å²) in [5, 5.41) is 8.80. The van der Waals surface area contributed by atoms with Crippen molar-refractivity contribution in [2.45, 2.75) is 52.1 Å². The average molecular weight is 307 g/mol. The Hall–Kier alpha value is -1.56. The molecule has 0 aromatic carbocycles. The van der Waals surface area contributed by atoms with Crippen LogP contribution in [-0.4, -0.2) is 28.4 Å². The summed E-state index contributed by atoms with van der Waals surface area (Å²) >= 11 is 1.65. The van der Waals surface area contributed by atoms with Gasteiger partial charge >= 0.3 is 0 Å². The molecule has 116 valence electrons. The highest BCUT2D eigenvalue weighted by atomic mass is 32.1. The molecule has 0 aliphatic heterocycles. The minimum Gasteiger partial charge on any atom is -0.354 e. The molecule has 0 amide bonds. The molecule has 0 bridgehead atoms. The highest BCUT2D eigenvalue weighted by Gasteiger charge is 2.06. The van der Waals surface area contributed by atoms with Crippen molar-refractivity contribution >= 4 is 22.3 Å². The molecule has 0 spiro atoms. The van der Waals surface area contributed by atoms with E-state index in [1.807, 2.05) is 16.0 Å². The van der Waals surface area contributed by atoms with Gasteiger partial charge in [0.2, 0.25) is 0 Å². The van der Waals surface area contributed by atoms with Crippen molar-refractivity contribution in [3.05, 3.63) is 23.5 Å². The Morgan fingerprint density at radius 2 is 2.33 bits per heavy atom. The van der Waals surface area contributed by atoms with Crippen molar-refractivity contribution in [3.8, 4) is 0 Å². The Kier molecular flexibility index (Phi) is 6.04. The number of imidazole rings is 1. The average Bonchev–Trinajstić information content (AvgIpc) is 3.04. The van der Waals surface area contributed by atoms with Gasteiger partial charge in [-0.2, -0.15) is 0 Å². The lowest BCUT2D eigenvalue weighted by Gasteiger charge is -2.17. The summed E-state index contributed by atoms with van der Waals surface area (Å²) in [6.45, 7) is 5.12. The summed E-state index contributed by atoms with van der Waals surface area (Å²) < 4.78 is 2.05. The maximum Gasteiger partial charge on any atom is 0.193 e. The summed E-state index contributed by atoms with van der Waals surface area (Å²) in [6.07, 6.45) is 9.07. The molecular formula is C15H25N5S. The first-order valence-corrected chi connectivity index (χ1v) is 8.49. The molecule has 6 heteroatoms. The van der Waals surface area contributed by atoms with Crippen LogP contribution in [0.5, 0.6) is 0 Å². The van der Waals surface area contributed by atoms with Crippen LogP contribution in [0.2, 0.25) is 0 Å². The van der Waals surface area contributed by atoms with Gasteiger partial charge in [0.1, 0.15) is 0 Å². The molecule has 2 heterocycles. The maximum atomic E-state index is 4.56. The summed E-state index contributed by atoms with van der Waals surface area (Å²) in [4.78, 5) is 9.86. The van der Waals surface area contributed by atoms with Gasteiger partial charge in [-0.25, -0.2) is 4.98 Å². The first-order chi connectivity index (χ1) is 10.2. The molecule has 0 aliphatic rings. The summed E-state index contributed by atoms with van der Waals surface area (Å²) in [5.74, 6) is 0.843. The quantitative estimate of drug-likeness (QED) is 0.470. The highest BCUT2D eigenvalue weighted by Crippen LogP contribution is 2.11. The van der Waals surface area contributed by atoms with E-state index in [1.54, 1.807) is 18.4 Å². The second-order valence-electron chi connectivity index (χ2n) is 5.29. The lowest BCUT2D eigenvalue weighted by Crippen LogP contribution is -2.41. The van der Waals surface area contributed by atoms with Gasteiger partial charge in [0, 0.05) is 30.9 Å². The van der Waals surface area contributed by atoms with Gasteiger partial charge in [-0.3, -0.25) is 9.39 Å². The third-order valence-electron chi connectivity index (χ3n) is 3.43. The Balaban J connectivity index is 1.78. The number of nitrogens with one attached hydrogen (secondary N) is 2. The summed E-state index contributed by atoms with van der Waals surface area (Å²) in [7, 11) is 1.81. The van der Waals surface area contributed by atoms with E-state index >= 15 is 0 Å². The van der Waals surface area contributed by atoms with Gasteiger partial charge < -0.3 is 10.6 Å². The number of unbranched alkanes of at least 4 members (excludes halogenated alkanes) is 2. The summed E-state index contributed by atoms with van der Waals surface area (Å²) in [6, 6.07) is 0.438. The van der Waals surface area contributed by atoms with Crippen LogP contribution in [0.3, 0.4) is 0 Å². The Morgan fingerprint density at radius 3 is 3.05 bits per heavy atom. The lowest BCUT2D eigenvalue weighted by atomic mass is 10.1. The van der Waals surface area contributed by atoms with E-state index < -0.39 is 0 Å². The standard InChI is InChI=1S/C15H25N5S/c1-4-5-6-7-12(2)18-14(16-3)17-10-13-11-20-8-9-21-15(20)19-13/h8-9,11-12H,4-7,10H2,1-3H3,(H2,16,17,18). The fourth-order valence-corrected chi connectivity index (χ4v) is 2.96. The van der Waals surface area contributed by atoms with Crippen LogP contribution in [0.15, 0.2) is 22.8 Å². The maximum absolute atomic E-state index is 4.56. The Bertz CT molecular complexity index is 543. The number of rotatable bonds is 7. The van der Waals surface area contributed by atoms with Crippen LogP contribution >= 0.6 is 11.3 Å². The van der Waals surface area contributed by atoms with Gasteiger partial charge in [0.25, 0.3) is 0 Å². The van der Waals surface area contributed by atoms with Gasteiger partial charge in [-0.1, -0.05) is 26.2 Å². The smallest absolute Gasteiger partial charge is 0.193 e. The number of fused-ring (bicyclic) bond motifs is 1. The topological polar surface area (TPSA) is 53.7 Å². The van der Waals surface area contributed by atoms with Crippen molar-refractivity contribution in [1.29, 1.82) is 0 Å². The molecule has 1 atom stereocenters. The van der Waals surface area contributed by atoms with Crippen molar-refractivity contribution in [2.75, 3.05) is 7.05 Å². The van der Waals surface area contributed by atoms with Crippen LogP contribution in [-0.2, 0) is 6.54 Å². The molecule has 2 N–H and O–H groups in total. The zero-order valence-electron chi connectivity index (χ0n) is 13.1. The normalized spacial score (nSPS) is 13.6. The number of aliphatic imine (C=N–C) groups is 1. The predicted octanol–water partition coefficient (Wildman–Crippen LogP) is 3.03. The molecule has 0 saturated carbocycles. The highest BCUT2D eigenvalue weighted by molar-refractivity contribution is 7.15. The molecule has 0 fully saturated rings. The third kappa shape index (κ3) is 4.74. The van der Waals surface area contributed by atoms with E-state index in [-0.39, 0.29) is 0 Å². The second-order valence-corrected chi connectivity index (χ2v) is 6.17. The van der Waals surface area contributed by atoms with E-state index in [0.29, 0.717) is 12.6 Å². The van der Waals surface area contributed by atoms with Gasteiger partial charge in [-0.15, -0.1) is 11.3 Å². The first-order valence-electron chi connectivity index (χ1n) is 7.61. The van der Waals surface area contributed by atoms with Gasteiger partial charge in [-0.05, 0) is 13.3 Å². The molecule has 5 nitrogen and oxygen atoms in total. The fourth-order valence-electron chi connectivity index (χ4n) is 2.24. The number of aromatic nitrogens is 2. The minimum atomic E-state index is 0.438. The monoisotopic (exact) mass is 307 g/mol. The molecule has 0 radical (unpaired) electrons. The van der Waals surface area contributed by atoms with Gasteiger partial charge in [0.15, 0.2) is 10.9 Å². The van der Waals surface area contributed by atoms with Gasteiger partial charge in [0.05, 0.1) is 12.2 Å².